The van der Waals surface area contributed by atoms with Crippen LogP contribution in [-0.4, -0.2) is 15.5 Å². The highest BCUT2D eigenvalue weighted by Gasteiger charge is 2.98. The van der Waals surface area contributed by atoms with Crippen LogP contribution >= 0.6 is 22.6 Å². The van der Waals surface area contributed by atoms with Crippen molar-refractivity contribution in [3.05, 3.63) is 0 Å². The second kappa shape index (κ2) is 1.35. The Kier molecular flexibility index (Phi) is 1.12. The third-order valence-corrected chi connectivity index (χ3v) is 2.48. The van der Waals surface area contributed by atoms with E-state index < -0.39 is 15.5 Å². The molecule has 1 fully saturated rings. The predicted molar refractivity (Wildman–Crippen MR) is 27.8 cm³/mol. The fourth-order valence-electron chi connectivity index (χ4n) is 0.356. The highest BCUT2D eigenvalue weighted by molar-refractivity contribution is 14.1. The first-order chi connectivity index (χ1) is 3.75. The lowest BCUT2D eigenvalue weighted by Gasteiger charge is -1.85. The van der Waals surface area contributed by atoms with Gasteiger partial charge in [0.2, 0.25) is 0 Å². The Morgan fingerprint density at radius 2 is 0.889 bits per heavy atom. The van der Waals surface area contributed by atoms with Crippen LogP contribution in [-0.2, 0) is 0 Å². The summed E-state index contributed by atoms with van der Waals surface area (Å²) in [5.41, 5.74) is 0. The average Bonchev–Trinajstić information content (AvgIpc) is 1.84. The maximum Gasteiger partial charge on any atom is 0.363 e. The topological polar surface area (TPSA) is 0 Å². The monoisotopic (exact) mass is 258 g/mol. The van der Waals surface area contributed by atoms with E-state index >= 15 is 0 Å². The van der Waals surface area contributed by atoms with E-state index in [0.29, 0.717) is 22.6 Å². The van der Waals surface area contributed by atoms with Crippen LogP contribution in [0.25, 0.3) is 0 Å². The summed E-state index contributed by atoms with van der Waals surface area (Å²) in [7, 11) is 0. The number of hydrogen-bond donors (Lipinski definition) is 0. The molecule has 0 aliphatic heterocycles. The van der Waals surface area contributed by atoms with Gasteiger partial charge in [0.05, 0.1) is 0 Å². The first-order valence-electron chi connectivity index (χ1n) is 1.88. The van der Waals surface area contributed by atoms with E-state index in [1.807, 2.05) is 0 Å². The van der Waals surface area contributed by atoms with Crippen LogP contribution in [0, 0.1) is 0 Å². The molecule has 0 atom stereocenters. The standard InChI is InChI=1S/C3F5I/c4-1(5)2(6,7)3(1,8)9. The molecule has 0 heterocycles. The lowest BCUT2D eigenvalue weighted by atomic mass is 10.8. The van der Waals surface area contributed by atoms with Crippen molar-refractivity contribution in [2.24, 2.45) is 0 Å². The second-order valence-electron chi connectivity index (χ2n) is 1.72. The first kappa shape index (κ1) is 7.49. The molecule has 0 aromatic carbocycles. The molecule has 0 unspecified atom stereocenters. The molecule has 1 aliphatic carbocycles. The minimum Gasteiger partial charge on any atom is -0.218 e. The fourth-order valence-corrected chi connectivity index (χ4v) is 0.899. The molecule has 0 saturated heterocycles. The van der Waals surface area contributed by atoms with E-state index in [1.165, 1.54) is 0 Å². The molecule has 1 saturated carbocycles. The SMILES string of the molecule is FC1(F)C(F)(F)C1(F)I. The molecule has 1 rings (SSSR count). The van der Waals surface area contributed by atoms with Gasteiger partial charge >= 0.3 is 11.8 Å². The van der Waals surface area contributed by atoms with Gasteiger partial charge in [-0.3, -0.25) is 0 Å². The Labute approximate surface area is 60.6 Å². The summed E-state index contributed by atoms with van der Waals surface area (Å²) in [5.74, 6) is -8.94. The van der Waals surface area contributed by atoms with E-state index in [1.54, 1.807) is 0 Å². The van der Waals surface area contributed by atoms with E-state index in [9.17, 15) is 22.0 Å². The van der Waals surface area contributed by atoms with Crippen molar-refractivity contribution < 1.29 is 22.0 Å². The molecule has 0 bridgehead atoms. The summed E-state index contributed by atoms with van der Waals surface area (Å²) in [6, 6.07) is 0. The van der Waals surface area contributed by atoms with Gasteiger partial charge in [-0.15, -0.1) is 0 Å². The average molecular weight is 258 g/mol. The molecule has 6 heteroatoms. The van der Waals surface area contributed by atoms with Crippen LogP contribution in [0.4, 0.5) is 22.0 Å². The quantitative estimate of drug-likeness (QED) is 0.355. The highest BCUT2D eigenvalue weighted by atomic mass is 127. The summed E-state index contributed by atoms with van der Waals surface area (Å²) in [5, 5.41) is 0. The van der Waals surface area contributed by atoms with Gasteiger partial charge in [-0.1, -0.05) is 0 Å². The van der Waals surface area contributed by atoms with Crippen LogP contribution in [0.2, 0.25) is 0 Å². The molecule has 54 valence electrons. The summed E-state index contributed by atoms with van der Waals surface area (Å²) >= 11 is 0.408. The molecule has 0 amide bonds. The van der Waals surface area contributed by atoms with Crippen LogP contribution < -0.4 is 0 Å². The zero-order valence-corrected chi connectivity index (χ0v) is 5.93. The highest BCUT2D eigenvalue weighted by Crippen LogP contribution is 2.71. The third kappa shape index (κ3) is 0.530. The molecule has 0 spiro atoms. The van der Waals surface area contributed by atoms with Crippen LogP contribution in [0.15, 0.2) is 0 Å². The lowest BCUT2D eigenvalue weighted by molar-refractivity contribution is -0.0278. The predicted octanol–water partition coefficient (Wildman–Crippen LogP) is 2.37. The maximum atomic E-state index is 11.8. The van der Waals surface area contributed by atoms with Gasteiger partial charge in [-0.05, 0) is 22.6 Å². The Hall–Kier alpha value is 0.380. The van der Waals surface area contributed by atoms with Gasteiger partial charge in [0.25, 0.3) is 3.68 Å². The summed E-state index contributed by atoms with van der Waals surface area (Å²) in [4.78, 5) is 0. The molecular formula is C3F5I. The van der Waals surface area contributed by atoms with Crippen LogP contribution in [0.1, 0.15) is 0 Å². The Bertz CT molecular complexity index is 110. The van der Waals surface area contributed by atoms with Crippen molar-refractivity contribution in [2.75, 3.05) is 0 Å². The minimum absolute atomic E-state index is 0.408. The molecule has 0 nitrogen and oxygen atoms in total. The van der Waals surface area contributed by atoms with Crippen molar-refractivity contribution in [1.29, 1.82) is 0 Å². The van der Waals surface area contributed by atoms with Crippen molar-refractivity contribution in [3.8, 4) is 0 Å². The van der Waals surface area contributed by atoms with E-state index in [2.05, 4.69) is 0 Å². The largest absolute Gasteiger partial charge is 0.363 e. The molecule has 0 aromatic rings. The van der Waals surface area contributed by atoms with Gasteiger partial charge in [-0.2, -0.15) is 17.6 Å². The Balaban J connectivity index is 2.91. The van der Waals surface area contributed by atoms with Crippen molar-refractivity contribution in [2.45, 2.75) is 15.5 Å². The van der Waals surface area contributed by atoms with Crippen LogP contribution in [0.3, 0.4) is 0 Å². The zero-order valence-electron chi connectivity index (χ0n) is 3.77. The van der Waals surface area contributed by atoms with Crippen LogP contribution in [0.5, 0.6) is 0 Å². The molecule has 0 N–H and O–H groups in total. The molecule has 0 aromatic heterocycles. The third-order valence-electron chi connectivity index (χ3n) is 1.12. The molecule has 1 aliphatic rings. The fraction of sp³-hybridized carbons (Fsp3) is 1.00. The Morgan fingerprint density at radius 3 is 0.889 bits per heavy atom. The molecule has 9 heavy (non-hydrogen) atoms. The number of halogens is 6. The summed E-state index contributed by atoms with van der Waals surface area (Å²) in [6.45, 7) is 0. The molecule has 0 radical (unpaired) electrons. The maximum absolute atomic E-state index is 11.8. The summed E-state index contributed by atoms with van der Waals surface area (Å²) < 4.78 is 54.4. The van der Waals surface area contributed by atoms with Gasteiger partial charge in [0.15, 0.2) is 0 Å². The minimum atomic E-state index is -4.47. The number of alkyl halides is 6. The van der Waals surface area contributed by atoms with E-state index in [-0.39, 0.29) is 0 Å². The zero-order chi connectivity index (χ0) is 7.50. The second-order valence-corrected chi connectivity index (χ2v) is 3.21. The normalized spacial score (nSPS) is 34.0. The Morgan fingerprint density at radius 1 is 0.778 bits per heavy atom. The van der Waals surface area contributed by atoms with Gasteiger partial charge < -0.3 is 0 Å². The van der Waals surface area contributed by atoms with Gasteiger partial charge in [-0.25, -0.2) is 4.39 Å². The smallest absolute Gasteiger partial charge is 0.218 e. The van der Waals surface area contributed by atoms with Crippen molar-refractivity contribution >= 4 is 22.6 Å². The van der Waals surface area contributed by atoms with Gasteiger partial charge in [0.1, 0.15) is 0 Å². The number of hydrogen-bond acceptors (Lipinski definition) is 0. The molecular weight excluding hydrogens is 258 g/mol. The number of rotatable bonds is 0. The van der Waals surface area contributed by atoms with Gasteiger partial charge in [0, 0.05) is 0 Å². The summed E-state index contributed by atoms with van der Waals surface area (Å²) in [6.07, 6.45) is 0. The van der Waals surface area contributed by atoms with E-state index in [4.69, 9.17) is 0 Å². The van der Waals surface area contributed by atoms with Crippen molar-refractivity contribution in [3.63, 3.8) is 0 Å². The first-order valence-corrected chi connectivity index (χ1v) is 2.96. The lowest BCUT2D eigenvalue weighted by Crippen LogP contribution is -2.02. The van der Waals surface area contributed by atoms with Crippen molar-refractivity contribution in [1.82, 2.24) is 0 Å². The van der Waals surface area contributed by atoms with E-state index in [0.717, 1.165) is 0 Å².